The molecule has 5 heteroatoms. The van der Waals surface area contributed by atoms with Crippen LogP contribution in [0.3, 0.4) is 0 Å². The predicted molar refractivity (Wildman–Crippen MR) is 68.0 cm³/mol. The fraction of sp³-hybridized carbons (Fsp3) is 0.417. The number of carbonyl (C=O) groups is 1. The zero-order valence-corrected chi connectivity index (χ0v) is 10.8. The normalized spacial score (nSPS) is 10.4. The van der Waals surface area contributed by atoms with E-state index in [1.54, 1.807) is 31.2 Å². The first-order valence-corrected chi connectivity index (χ1v) is 5.81. The summed E-state index contributed by atoms with van der Waals surface area (Å²) >= 11 is 5.82. The molecular weight excluding hydrogens is 240 g/mol. The molecule has 0 aliphatic rings. The van der Waals surface area contributed by atoms with Gasteiger partial charge in [-0.1, -0.05) is 17.7 Å². The number of amides is 1. The van der Waals surface area contributed by atoms with E-state index in [9.17, 15) is 4.79 Å². The van der Waals surface area contributed by atoms with Crippen molar-refractivity contribution < 1.29 is 9.53 Å². The number of nitrogens with one attached hydrogen (secondary N) is 1. The highest BCUT2D eigenvalue weighted by Gasteiger charge is 2.02. The van der Waals surface area contributed by atoms with E-state index in [2.05, 4.69) is 5.43 Å². The van der Waals surface area contributed by atoms with E-state index in [0.717, 1.165) is 5.75 Å². The standard InChI is InChI=1S/C12H17ClN2O2/c1-15(2)14-12(16)7-4-8-17-11-6-3-5-10(13)9-11/h3,5-6,9H,4,7-8H2,1-2H3,(H,14,16). The molecule has 0 heterocycles. The maximum Gasteiger partial charge on any atom is 0.234 e. The number of rotatable bonds is 6. The average molecular weight is 257 g/mol. The van der Waals surface area contributed by atoms with Gasteiger partial charge in [0.15, 0.2) is 0 Å². The molecule has 0 aromatic heterocycles. The average Bonchev–Trinajstić information content (AvgIpc) is 2.23. The summed E-state index contributed by atoms with van der Waals surface area (Å²) in [6, 6.07) is 7.21. The minimum absolute atomic E-state index is 0.00954. The van der Waals surface area contributed by atoms with Crippen LogP contribution >= 0.6 is 11.6 Å². The lowest BCUT2D eigenvalue weighted by Crippen LogP contribution is -2.36. The number of hydrogen-bond acceptors (Lipinski definition) is 3. The fourth-order valence-electron chi connectivity index (χ4n) is 1.28. The Bertz CT molecular complexity index is 369. The van der Waals surface area contributed by atoms with Crippen molar-refractivity contribution in [2.24, 2.45) is 0 Å². The maximum absolute atomic E-state index is 11.3. The number of carbonyl (C=O) groups excluding carboxylic acids is 1. The Morgan fingerprint density at radius 2 is 2.24 bits per heavy atom. The molecule has 0 saturated carbocycles. The Morgan fingerprint density at radius 3 is 2.88 bits per heavy atom. The molecule has 0 fully saturated rings. The Hall–Kier alpha value is -1.26. The SMILES string of the molecule is CN(C)NC(=O)CCCOc1cccc(Cl)c1. The van der Waals surface area contributed by atoms with Gasteiger partial charge in [0.25, 0.3) is 0 Å². The molecule has 0 aliphatic carbocycles. The Labute approximate surface area is 106 Å². The highest BCUT2D eigenvalue weighted by molar-refractivity contribution is 6.30. The number of hydrogen-bond donors (Lipinski definition) is 1. The van der Waals surface area contributed by atoms with Crippen LogP contribution in [0.1, 0.15) is 12.8 Å². The highest BCUT2D eigenvalue weighted by Crippen LogP contribution is 2.17. The molecule has 1 N–H and O–H groups in total. The van der Waals surface area contributed by atoms with Crippen LogP contribution < -0.4 is 10.2 Å². The quantitative estimate of drug-likeness (QED) is 0.626. The molecule has 0 atom stereocenters. The first-order valence-electron chi connectivity index (χ1n) is 5.43. The van der Waals surface area contributed by atoms with Gasteiger partial charge < -0.3 is 4.74 Å². The van der Waals surface area contributed by atoms with Crippen molar-refractivity contribution >= 4 is 17.5 Å². The molecular formula is C12H17ClN2O2. The van der Waals surface area contributed by atoms with Crippen molar-refractivity contribution in [3.8, 4) is 5.75 Å². The van der Waals surface area contributed by atoms with E-state index < -0.39 is 0 Å². The van der Waals surface area contributed by atoms with Crippen LogP contribution in [0.15, 0.2) is 24.3 Å². The van der Waals surface area contributed by atoms with Gasteiger partial charge in [-0.25, -0.2) is 5.01 Å². The number of benzene rings is 1. The smallest absolute Gasteiger partial charge is 0.234 e. The molecule has 17 heavy (non-hydrogen) atoms. The van der Waals surface area contributed by atoms with E-state index in [1.807, 2.05) is 12.1 Å². The van der Waals surface area contributed by atoms with E-state index in [4.69, 9.17) is 16.3 Å². The summed E-state index contributed by atoms with van der Waals surface area (Å²) in [6.07, 6.45) is 1.12. The second-order valence-corrected chi connectivity index (χ2v) is 4.28. The Balaban J connectivity index is 2.18. The minimum atomic E-state index is -0.00954. The summed E-state index contributed by atoms with van der Waals surface area (Å²) in [5.41, 5.74) is 2.67. The lowest BCUT2D eigenvalue weighted by Gasteiger charge is -2.11. The van der Waals surface area contributed by atoms with Crippen molar-refractivity contribution in [2.75, 3.05) is 20.7 Å². The van der Waals surface area contributed by atoms with Gasteiger partial charge in [0, 0.05) is 25.5 Å². The zero-order chi connectivity index (χ0) is 12.7. The summed E-state index contributed by atoms with van der Waals surface area (Å²) in [5.74, 6) is 0.718. The van der Waals surface area contributed by atoms with Gasteiger partial charge >= 0.3 is 0 Å². The van der Waals surface area contributed by atoms with Crippen LogP contribution in [0, 0.1) is 0 Å². The van der Waals surface area contributed by atoms with Crippen LogP contribution in [0.2, 0.25) is 5.02 Å². The van der Waals surface area contributed by atoms with Crippen molar-refractivity contribution in [1.29, 1.82) is 0 Å². The largest absolute Gasteiger partial charge is 0.494 e. The summed E-state index contributed by atoms with van der Waals surface area (Å²) in [4.78, 5) is 11.3. The molecule has 0 unspecified atom stereocenters. The molecule has 4 nitrogen and oxygen atoms in total. The van der Waals surface area contributed by atoms with Crippen LogP contribution in [0.4, 0.5) is 0 Å². The third-order valence-electron chi connectivity index (χ3n) is 1.96. The second kappa shape index (κ2) is 7.14. The lowest BCUT2D eigenvalue weighted by atomic mass is 10.3. The number of ether oxygens (including phenoxy) is 1. The third-order valence-corrected chi connectivity index (χ3v) is 2.20. The molecule has 0 radical (unpaired) electrons. The number of hydrazine groups is 1. The fourth-order valence-corrected chi connectivity index (χ4v) is 1.47. The van der Waals surface area contributed by atoms with Gasteiger partial charge in [0.1, 0.15) is 5.75 Å². The van der Waals surface area contributed by atoms with Crippen molar-refractivity contribution in [2.45, 2.75) is 12.8 Å². The van der Waals surface area contributed by atoms with Crippen molar-refractivity contribution in [1.82, 2.24) is 10.4 Å². The van der Waals surface area contributed by atoms with Crippen LogP contribution in [-0.4, -0.2) is 31.6 Å². The first kappa shape index (κ1) is 13.8. The van der Waals surface area contributed by atoms with Crippen LogP contribution in [-0.2, 0) is 4.79 Å². The van der Waals surface area contributed by atoms with Crippen molar-refractivity contribution in [3.63, 3.8) is 0 Å². The summed E-state index contributed by atoms with van der Waals surface area (Å²) < 4.78 is 5.46. The number of nitrogens with zero attached hydrogens (tertiary/aromatic N) is 1. The van der Waals surface area contributed by atoms with Gasteiger partial charge in [0.2, 0.25) is 5.91 Å². The maximum atomic E-state index is 11.3. The van der Waals surface area contributed by atoms with Gasteiger partial charge in [-0.2, -0.15) is 0 Å². The monoisotopic (exact) mass is 256 g/mol. The summed E-state index contributed by atoms with van der Waals surface area (Å²) in [7, 11) is 3.56. The van der Waals surface area contributed by atoms with Gasteiger partial charge in [-0.05, 0) is 24.6 Å². The topological polar surface area (TPSA) is 41.6 Å². The van der Waals surface area contributed by atoms with Gasteiger partial charge in [-0.3, -0.25) is 10.2 Å². The molecule has 1 rings (SSSR count). The molecule has 1 aromatic rings. The minimum Gasteiger partial charge on any atom is -0.494 e. The van der Waals surface area contributed by atoms with E-state index >= 15 is 0 Å². The lowest BCUT2D eigenvalue weighted by molar-refractivity contribution is -0.125. The molecule has 0 spiro atoms. The third kappa shape index (κ3) is 6.14. The summed E-state index contributed by atoms with van der Waals surface area (Å²) in [6.45, 7) is 0.501. The first-order chi connectivity index (χ1) is 8.08. The zero-order valence-electron chi connectivity index (χ0n) is 10.1. The van der Waals surface area contributed by atoms with E-state index in [-0.39, 0.29) is 5.91 Å². The molecule has 0 aliphatic heterocycles. The molecule has 94 valence electrons. The molecule has 1 aromatic carbocycles. The predicted octanol–water partition coefficient (Wildman–Crippen LogP) is 2.09. The van der Waals surface area contributed by atoms with E-state index in [0.29, 0.717) is 24.5 Å². The summed E-state index contributed by atoms with van der Waals surface area (Å²) in [5, 5.41) is 2.27. The van der Waals surface area contributed by atoms with Crippen molar-refractivity contribution in [3.05, 3.63) is 29.3 Å². The Morgan fingerprint density at radius 1 is 1.47 bits per heavy atom. The van der Waals surface area contributed by atoms with Crippen LogP contribution in [0.5, 0.6) is 5.75 Å². The van der Waals surface area contributed by atoms with Gasteiger partial charge in [0.05, 0.1) is 6.61 Å². The Kier molecular flexibility index (Phi) is 5.80. The highest BCUT2D eigenvalue weighted by atomic mass is 35.5. The molecule has 0 bridgehead atoms. The molecule has 0 saturated heterocycles. The van der Waals surface area contributed by atoms with E-state index in [1.165, 1.54) is 0 Å². The second-order valence-electron chi connectivity index (χ2n) is 3.84. The molecule has 1 amide bonds. The number of halogens is 1. The van der Waals surface area contributed by atoms with Gasteiger partial charge in [-0.15, -0.1) is 0 Å². The van der Waals surface area contributed by atoms with Crippen LogP contribution in [0.25, 0.3) is 0 Å².